The Kier molecular flexibility index (Phi) is 9.08. The van der Waals surface area contributed by atoms with Crippen LogP contribution in [0.3, 0.4) is 0 Å². The summed E-state index contributed by atoms with van der Waals surface area (Å²) in [5, 5.41) is 2.94. The van der Waals surface area contributed by atoms with Crippen molar-refractivity contribution >= 4 is 23.2 Å². The maximum absolute atomic E-state index is 12.7. The Balaban J connectivity index is 1.31. The van der Waals surface area contributed by atoms with Crippen molar-refractivity contribution in [2.75, 3.05) is 44.2 Å². The van der Waals surface area contributed by atoms with E-state index in [1.807, 2.05) is 49.4 Å². The first-order valence-electron chi connectivity index (χ1n) is 12.7. The van der Waals surface area contributed by atoms with Crippen LogP contribution < -0.4 is 29.2 Å². The Labute approximate surface area is 223 Å². The van der Waals surface area contributed by atoms with Crippen molar-refractivity contribution in [3.63, 3.8) is 0 Å². The number of aryl methyl sites for hydroxylation is 2. The molecule has 0 saturated carbocycles. The van der Waals surface area contributed by atoms with Crippen LogP contribution in [0.15, 0.2) is 60.7 Å². The van der Waals surface area contributed by atoms with Crippen LogP contribution in [0.4, 0.5) is 11.4 Å². The number of nitrogens with one attached hydrogen (secondary N) is 1. The molecule has 1 N–H and O–H groups in total. The van der Waals surface area contributed by atoms with Crippen molar-refractivity contribution in [2.24, 2.45) is 0 Å². The van der Waals surface area contributed by atoms with E-state index < -0.39 is 0 Å². The number of carbonyl (C=O) groups excluding carboxylic acids is 2. The minimum atomic E-state index is -0.123. The third-order valence-electron chi connectivity index (χ3n) is 6.40. The van der Waals surface area contributed by atoms with Gasteiger partial charge < -0.3 is 29.2 Å². The molecule has 2 amide bonds. The largest absolute Gasteiger partial charge is 0.493 e. The number of rotatable bonds is 12. The summed E-state index contributed by atoms with van der Waals surface area (Å²) in [5.74, 6) is 2.56. The van der Waals surface area contributed by atoms with E-state index in [1.54, 1.807) is 37.3 Å². The number of anilines is 2. The maximum Gasteiger partial charge on any atom is 0.265 e. The molecule has 4 rings (SSSR count). The molecule has 0 fully saturated rings. The van der Waals surface area contributed by atoms with Gasteiger partial charge in [0.05, 0.1) is 26.5 Å². The fourth-order valence-electron chi connectivity index (χ4n) is 4.31. The summed E-state index contributed by atoms with van der Waals surface area (Å²) in [5.41, 5.74) is 3.36. The topological polar surface area (TPSA) is 86.3 Å². The zero-order chi connectivity index (χ0) is 26.9. The second-order valence-corrected chi connectivity index (χ2v) is 9.08. The molecule has 8 heteroatoms. The summed E-state index contributed by atoms with van der Waals surface area (Å²) in [7, 11) is 3.17. The summed E-state index contributed by atoms with van der Waals surface area (Å²) < 4.78 is 22.1. The molecule has 8 nitrogen and oxygen atoms in total. The third kappa shape index (κ3) is 6.76. The normalized spacial score (nSPS) is 12.4. The van der Waals surface area contributed by atoms with E-state index in [-0.39, 0.29) is 18.4 Å². The van der Waals surface area contributed by atoms with Gasteiger partial charge in [-0.1, -0.05) is 24.3 Å². The van der Waals surface area contributed by atoms with Gasteiger partial charge in [-0.2, -0.15) is 0 Å². The molecule has 38 heavy (non-hydrogen) atoms. The molecule has 0 aromatic heterocycles. The lowest BCUT2D eigenvalue weighted by Gasteiger charge is -2.30. The van der Waals surface area contributed by atoms with Crippen LogP contribution in [0.25, 0.3) is 0 Å². The molecule has 200 valence electrons. The zero-order valence-electron chi connectivity index (χ0n) is 22.1. The number of hydrogen-bond donors (Lipinski definition) is 1. The van der Waals surface area contributed by atoms with E-state index >= 15 is 0 Å². The summed E-state index contributed by atoms with van der Waals surface area (Å²) in [6, 6.07) is 18.9. The van der Waals surface area contributed by atoms with Crippen molar-refractivity contribution in [1.29, 1.82) is 0 Å². The lowest BCUT2D eigenvalue weighted by Crippen LogP contribution is -2.39. The van der Waals surface area contributed by atoms with Crippen LogP contribution >= 0.6 is 0 Å². The highest BCUT2D eigenvalue weighted by molar-refractivity contribution is 5.99. The minimum Gasteiger partial charge on any atom is -0.493 e. The van der Waals surface area contributed by atoms with E-state index in [1.165, 1.54) is 0 Å². The highest BCUT2D eigenvalue weighted by atomic mass is 16.5. The Morgan fingerprint density at radius 3 is 2.58 bits per heavy atom. The maximum atomic E-state index is 12.7. The number of fused-ring (bicyclic) bond motifs is 1. The summed E-state index contributed by atoms with van der Waals surface area (Å²) in [6.07, 6.45) is 2.43. The van der Waals surface area contributed by atoms with Crippen molar-refractivity contribution in [3.8, 4) is 23.0 Å². The van der Waals surface area contributed by atoms with Gasteiger partial charge in [0.15, 0.2) is 18.1 Å². The van der Waals surface area contributed by atoms with Crippen LogP contribution in [0.1, 0.15) is 30.4 Å². The second kappa shape index (κ2) is 12.9. The number of ether oxygens (including phenoxy) is 4. The second-order valence-electron chi connectivity index (χ2n) is 9.08. The fourth-order valence-corrected chi connectivity index (χ4v) is 4.31. The van der Waals surface area contributed by atoms with E-state index in [0.29, 0.717) is 54.6 Å². The SMILES string of the molecule is COc1ccc(CCC(=O)Nc2ccc3c(c2)N(CCCCOc2ccccc2C)C(=O)CO3)cc1OC. The molecule has 0 radical (unpaired) electrons. The summed E-state index contributed by atoms with van der Waals surface area (Å²) in [4.78, 5) is 27.0. The molecule has 0 unspecified atom stereocenters. The molecule has 0 spiro atoms. The molecule has 0 aliphatic carbocycles. The van der Waals surface area contributed by atoms with E-state index in [0.717, 1.165) is 29.7 Å². The first-order chi connectivity index (χ1) is 18.5. The molecule has 3 aromatic carbocycles. The van der Waals surface area contributed by atoms with Crippen molar-refractivity contribution < 1.29 is 28.5 Å². The molecular weight excluding hydrogens is 484 g/mol. The molecule has 1 heterocycles. The zero-order valence-corrected chi connectivity index (χ0v) is 22.1. The predicted octanol–water partition coefficient (Wildman–Crippen LogP) is 5.17. The van der Waals surface area contributed by atoms with Crippen molar-refractivity contribution in [1.82, 2.24) is 0 Å². The Hall–Kier alpha value is -4.20. The van der Waals surface area contributed by atoms with Crippen LogP contribution in [0.5, 0.6) is 23.0 Å². The lowest BCUT2D eigenvalue weighted by molar-refractivity contribution is -0.121. The molecule has 1 aliphatic heterocycles. The van der Waals surface area contributed by atoms with Gasteiger partial charge in [0.2, 0.25) is 5.91 Å². The van der Waals surface area contributed by atoms with Gasteiger partial charge in [0.25, 0.3) is 5.91 Å². The van der Waals surface area contributed by atoms with Crippen molar-refractivity contribution in [2.45, 2.75) is 32.6 Å². The number of carbonyl (C=O) groups is 2. The van der Waals surface area contributed by atoms with Crippen LogP contribution in [-0.2, 0) is 16.0 Å². The highest BCUT2D eigenvalue weighted by Gasteiger charge is 2.25. The summed E-state index contributed by atoms with van der Waals surface area (Å²) >= 11 is 0. The average molecular weight is 519 g/mol. The van der Waals surface area contributed by atoms with Gasteiger partial charge in [0, 0.05) is 18.7 Å². The first-order valence-corrected chi connectivity index (χ1v) is 12.7. The van der Waals surface area contributed by atoms with Crippen LogP contribution in [0, 0.1) is 6.92 Å². The first kappa shape index (κ1) is 26.9. The van der Waals surface area contributed by atoms with Gasteiger partial charge >= 0.3 is 0 Å². The monoisotopic (exact) mass is 518 g/mol. The summed E-state index contributed by atoms with van der Waals surface area (Å²) in [6.45, 7) is 3.14. The van der Waals surface area contributed by atoms with E-state index in [2.05, 4.69) is 5.32 Å². The quantitative estimate of drug-likeness (QED) is 0.333. The molecule has 0 bridgehead atoms. The molecule has 3 aromatic rings. The van der Waals surface area contributed by atoms with Gasteiger partial charge in [0.1, 0.15) is 11.5 Å². The number of methoxy groups -OCH3 is 2. The smallest absolute Gasteiger partial charge is 0.265 e. The number of amides is 2. The Morgan fingerprint density at radius 2 is 1.79 bits per heavy atom. The number of hydrogen-bond acceptors (Lipinski definition) is 6. The standard InChI is InChI=1S/C30H34N2O6/c1-21-8-4-5-9-25(21)37-17-7-6-16-32-24-19-23(12-14-26(24)38-20-30(32)34)31-29(33)15-11-22-10-13-27(35-2)28(18-22)36-3/h4-5,8-10,12-14,18-19H,6-7,11,15-17,20H2,1-3H3,(H,31,33). The lowest BCUT2D eigenvalue weighted by atomic mass is 10.1. The van der Waals surface area contributed by atoms with Gasteiger partial charge in [-0.25, -0.2) is 0 Å². The van der Waals surface area contributed by atoms with E-state index in [4.69, 9.17) is 18.9 Å². The number of unbranched alkanes of at least 4 members (excludes halogenated alkanes) is 1. The van der Waals surface area contributed by atoms with E-state index in [9.17, 15) is 9.59 Å². The molecular formula is C30H34N2O6. The number of nitrogens with zero attached hydrogens (tertiary/aromatic N) is 1. The molecule has 0 saturated heterocycles. The predicted molar refractivity (Wildman–Crippen MR) is 147 cm³/mol. The highest BCUT2D eigenvalue weighted by Crippen LogP contribution is 2.35. The van der Waals surface area contributed by atoms with Gasteiger partial charge in [-0.05, 0) is 73.7 Å². The van der Waals surface area contributed by atoms with Gasteiger partial charge in [-0.3, -0.25) is 9.59 Å². The minimum absolute atomic E-state index is 0.00371. The fraction of sp³-hybridized carbons (Fsp3) is 0.333. The van der Waals surface area contributed by atoms with Crippen LogP contribution in [-0.4, -0.2) is 45.8 Å². The molecule has 0 atom stereocenters. The Bertz CT molecular complexity index is 1280. The molecule has 1 aliphatic rings. The third-order valence-corrected chi connectivity index (χ3v) is 6.40. The van der Waals surface area contributed by atoms with Crippen molar-refractivity contribution in [3.05, 3.63) is 71.8 Å². The average Bonchev–Trinajstić information content (AvgIpc) is 2.93. The van der Waals surface area contributed by atoms with Crippen LogP contribution in [0.2, 0.25) is 0 Å². The number of para-hydroxylation sites is 1. The van der Waals surface area contributed by atoms with Gasteiger partial charge in [-0.15, -0.1) is 0 Å². The number of benzene rings is 3. The Morgan fingerprint density at radius 1 is 0.974 bits per heavy atom.